The Morgan fingerprint density at radius 2 is 1.70 bits per heavy atom. The molecule has 0 radical (unpaired) electrons. The number of ether oxygens (including phenoxy) is 1. The molecule has 170 valence electrons. The van der Waals surface area contributed by atoms with Crippen molar-refractivity contribution in [2.24, 2.45) is 0 Å². The lowest BCUT2D eigenvalue weighted by Crippen LogP contribution is -2.32. The van der Waals surface area contributed by atoms with E-state index >= 15 is 0 Å². The van der Waals surface area contributed by atoms with E-state index in [0.29, 0.717) is 11.3 Å². The molecular formula is C24H22ClN3O5. The number of benzene rings is 2. The molecule has 4 rings (SSSR count). The topological polar surface area (TPSA) is 96.0 Å². The van der Waals surface area contributed by atoms with Gasteiger partial charge in [0.2, 0.25) is 0 Å². The Morgan fingerprint density at radius 1 is 1.00 bits per heavy atom. The molecule has 0 aliphatic carbocycles. The van der Waals surface area contributed by atoms with E-state index in [-0.39, 0.29) is 34.5 Å². The van der Waals surface area contributed by atoms with Gasteiger partial charge < -0.3 is 15.0 Å². The number of likely N-dealkylation sites (tertiary alicyclic amines) is 1. The van der Waals surface area contributed by atoms with Gasteiger partial charge in [-0.3, -0.25) is 14.4 Å². The van der Waals surface area contributed by atoms with Crippen molar-refractivity contribution < 1.29 is 23.9 Å². The summed E-state index contributed by atoms with van der Waals surface area (Å²) in [7, 11) is 0. The molecule has 33 heavy (non-hydrogen) atoms. The Morgan fingerprint density at radius 3 is 2.42 bits per heavy atom. The van der Waals surface area contributed by atoms with Crippen LogP contribution in [0.25, 0.3) is 0 Å². The molecular weight excluding hydrogens is 446 g/mol. The third-order valence-electron chi connectivity index (χ3n) is 5.41. The number of carbonyl (C=O) groups excluding carboxylic acids is 4. The average Bonchev–Trinajstić information content (AvgIpc) is 3.43. The number of imide groups is 1. The molecule has 2 aromatic rings. The highest BCUT2D eigenvalue weighted by Gasteiger charge is 2.39. The minimum absolute atomic E-state index is 0.0811. The normalized spacial score (nSPS) is 15.9. The summed E-state index contributed by atoms with van der Waals surface area (Å²) in [5.74, 6) is -2.02. The summed E-state index contributed by atoms with van der Waals surface area (Å²) in [6, 6.07) is 12.7. The molecule has 9 heteroatoms. The highest BCUT2D eigenvalue weighted by Crippen LogP contribution is 2.31. The summed E-state index contributed by atoms with van der Waals surface area (Å²) in [4.78, 5) is 53.2. The first-order chi connectivity index (χ1) is 15.9. The number of hydrogen-bond donors (Lipinski definition) is 1. The Balaban J connectivity index is 1.56. The van der Waals surface area contributed by atoms with Gasteiger partial charge in [0.25, 0.3) is 17.7 Å². The zero-order valence-electron chi connectivity index (χ0n) is 18.0. The molecule has 0 bridgehead atoms. The number of amides is 3. The Labute approximate surface area is 195 Å². The standard InChI is InChI=1S/C24H22ClN3O5/c1-2-33-24(32)16-8-6-10-18(14-16)28-22(30)19(25)20(23(28)31)26-17-9-5-7-15(13-17)21(29)27-11-3-4-12-27/h5-10,13-14,26H,2-4,11-12H2,1H3. The minimum Gasteiger partial charge on any atom is -0.462 e. The van der Waals surface area contributed by atoms with Gasteiger partial charge in [0.15, 0.2) is 0 Å². The molecule has 0 saturated carbocycles. The number of nitrogens with zero attached hydrogens (tertiary/aromatic N) is 2. The van der Waals surface area contributed by atoms with Gasteiger partial charge in [-0.2, -0.15) is 0 Å². The summed E-state index contributed by atoms with van der Waals surface area (Å²) in [6.07, 6.45) is 1.96. The second kappa shape index (κ2) is 9.46. The zero-order chi connectivity index (χ0) is 23.5. The van der Waals surface area contributed by atoms with Crippen LogP contribution in [-0.2, 0) is 14.3 Å². The maximum atomic E-state index is 13.1. The van der Waals surface area contributed by atoms with E-state index in [1.165, 1.54) is 18.2 Å². The van der Waals surface area contributed by atoms with Crippen LogP contribution in [0, 0.1) is 0 Å². The van der Waals surface area contributed by atoms with Crippen molar-refractivity contribution in [1.82, 2.24) is 4.90 Å². The average molecular weight is 468 g/mol. The molecule has 8 nitrogen and oxygen atoms in total. The highest BCUT2D eigenvalue weighted by molar-refractivity contribution is 6.53. The SMILES string of the molecule is CCOC(=O)c1cccc(N2C(=O)C(Cl)=C(Nc3cccc(C(=O)N4CCCC4)c3)C2=O)c1. The largest absolute Gasteiger partial charge is 0.462 e. The second-order valence-corrected chi connectivity index (χ2v) is 7.99. The van der Waals surface area contributed by atoms with Crippen molar-refractivity contribution in [3.05, 3.63) is 70.4 Å². The van der Waals surface area contributed by atoms with Crippen molar-refractivity contribution >= 4 is 46.7 Å². The van der Waals surface area contributed by atoms with Gasteiger partial charge in [-0.15, -0.1) is 0 Å². The van der Waals surface area contributed by atoms with E-state index in [1.54, 1.807) is 42.2 Å². The van der Waals surface area contributed by atoms with Crippen molar-refractivity contribution in [3.63, 3.8) is 0 Å². The summed E-state index contributed by atoms with van der Waals surface area (Å²) >= 11 is 6.21. The Kier molecular flexibility index (Phi) is 6.46. The molecule has 0 spiro atoms. The monoisotopic (exact) mass is 467 g/mol. The quantitative estimate of drug-likeness (QED) is 0.515. The molecule has 2 aliphatic heterocycles. The van der Waals surface area contributed by atoms with Crippen LogP contribution in [0.15, 0.2) is 59.3 Å². The third kappa shape index (κ3) is 4.47. The number of rotatable bonds is 6. The maximum absolute atomic E-state index is 13.1. The molecule has 2 heterocycles. The Bertz CT molecular complexity index is 1170. The zero-order valence-corrected chi connectivity index (χ0v) is 18.7. The van der Waals surface area contributed by atoms with Gasteiger partial charge in [0, 0.05) is 24.3 Å². The van der Waals surface area contributed by atoms with Crippen LogP contribution in [0.3, 0.4) is 0 Å². The summed E-state index contributed by atoms with van der Waals surface area (Å²) < 4.78 is 4.98. The van der Waals surface area contributed by atoms with E-state index in [2.05, 4.69) is 5.32 Å². The fourth-order valence-corrected chi connectivity index (χ4v) is 4.02. The van der Waals surface area contributed by atoms with E-state index in [9.17, 15) is 19.2 Å². The first-order valence-electron chi connectivity index (χ1n) is 10.6. The van der Waals surface area contributed by atoms with Crippen LogP contribution < -0.4 is 10.2 Å². The maximum Gasteiger partial charge on any atom is 0.338 e. The van der Waals surface area contributed by atoms with Crippen LogP contribution in [0.4, 0.5) is 11.4 Å². The lowest BCUT2D eigenvalue weighted by Gasteiger charge is -2.17. The predicted octanol–water partition coefficient (Wildman–Crippen LogP) is 3.54. The van der Waals surface area contributed by atoms with Crippen LogP contribution >= 0.6 is 11.6 Å². The van der Waals surface area contributed by atoms with Crippen molar-refractivity contribution in [1.29, 1.82) is 0 Å². The molecule has 0 unspecified atom stereocenters. The molecule has 3 amide bonds. The van der Waals surface area contributed by atoms with Gasteiger partial charge in [-0.1, -0.05) is 23.7 Å². The number of anilines is 2. The summed E-state index contributed by atoms with van der Waals surface area (Å²) in [5, 5.41) is 2.61. The molecule has 0 atom stereocenters. The van der Waals surface area contributed by atoms with E-state index in [4.69, 9.17) is 16.3 Å². The fraction of sp³-hybridized carbons (Fsp3) is 0.250. The number of carbonyl (C=O) groups is 4. The molecule has 1 N–H and O–H groups in total. The van der Waals surface area contributed by atoms with Gasteiger partial charge >= 0.3 is 5.97 Å². The highest BCUT2D eigenvalue weighted by atomic mass is 35.5. The number of nitrogens with one attached hydrogen (secondary N) is 1. The van der Waals surface area contributed by atoms with Crippen molar-refractivity contribution in [3.8, 4) is 0 Å². The second-order valence-electron chi connectivity index (χ2n) is 7.61. The Hall–Kier alpha value is -3.65. The van der Waals surface area contributed by atoms with Gasteiger partial charge in [0.05, 0.1) is 17.9 Å². The van der Waals surface area contributed by atoms with Crippen LogP contribution in [-0.4, -0.2) is 48.3 Å². The summed E-state index contributed by atoms with van der Waals surface area (Å²) in [6.45, 7) is 3.33. The predicted molar refractivity (Wildman–Crippen MR) is 123 cm³/mol. The number of halogens is 1. The lowest BCUT2D eigenvalue weighted by molar-refractivity contribution is -0.120. The van der Waals surface area contributed by atoms with Gasteiger partial charge in [-0.05, 0) is 56.2 Å². The molecule has 2 aromatic carbocycles. The first-order valence-corrected chi connectivity index (χ1v) is 11.0. The lowest BCUT2D eigenvalue weighted by atomic mass is 10.1. The van der Waals surface area contributed by atoms with Crippen molar-refractivity contribution in [2.45, 2.75) is 19.8 Å². The van der Waals surface area contributed by atoms with Gasteiger partial charge in [-0.25, -0.2) is 9.69 Å². The number of esters is 1. The third-order valence-corrected chi connectivity index (χ3v) is 5.77. The van der Waals surface area contributed by atoms with Crippen LogP contribution in [0.1, 0.15) is 40.5 Å². The fourth-order valence-electron chi connectivity index (χ4n) is 3.81. The molecule has 1 fully saturated rings. The molecule has 0 aromatic heterocycles. The smallest absolute Gasteiger partial charge is 0.338 e. The van der Waals surface area contributed by atoms with E-state index in [0.717, 1.165) is 30.8 Å². The van der Waals surface area contributed by atoms with Crippen molar-refractivity contribution in [2.75, 3.05) is 29.9 Å². The van der Waals surface area contributed by atoms with Crippen LogP contribution in [0.5, 0.6) is 0 Å². The van der Waals surface area contributed by atoms with Crippen LogP contribution in [0.2, 0.25) is 0 Å². The number of hydrogen-bond acceptors (Lipinski definition) is 6. The van der Waals surface area contributed by atoms with Gasteiger partial charge in [0.1, 0.15) is 10.7 Å². The molecule has 1 saturated heterocycles. The van der Waals surface area contributed by atoms with E-state index in [1.807, 2.05) is 0 Å². The first kappa shape index (κ1) is 22.5. The molecule has 2 aliphatic rings. The van der Waals surface area contributed by atoms with E-state index < -0.39 is 17.8 Å². The minimum atomic E-state index is -0.713. The summed E-state index contributed by atoms with van der Waals surface area (Å²) in [5.41, 5.74) is 1.24.